The van der Waals surface area contributed by atoms with Crippen molar-refractivity contribution in [1.82, 2.24) is 4.90 Å². The molecule has 1 aromatic carbocycles. The van der Waals surface area contributed by atoms with Gasteiger partial charge in [0.15, 0.2) is 0 Å². The summed E-state index contributed by atoms with van der Waals surface area (Å²) in [6.45, 7) is 5.59. The average Bonchev–Trinajstić information content (AvgIpc) is 2.35. The number of nitrogens with two attached hydrogens (primary N) is 1. The Morgan fingerprint density at radius 2 is 2.06 bits per heavy atom. The van der Waals surface area contributed by atoms with Crippen LogP contribution in [0.4, 0.5) is 4.39 Å². The Morgan fingerprint density at radius 1 is 1.35 bits per heavy atom. The summed E-state index contributed by atoms with van der Waals surface area (Å²) in [7, 11) is 0. The van der Waals surface area contributed by atoms with Crippen LogP contribution < -0.4 is 5.73 Å². The molecule has 1 aliphatic heterocycles. The van der Waals surface area contributed by atoms with E-state index in [0.717, 1.165) is 50.1 Å². The molecule has 1 heterocycles. The highest BCUT2D eigenvalue weighted by Crippen LogP contribution is 2.19. The van der Waals surface area contributed by atoms with E-state index < -0.39 is 0 Å². The van der Waals surface area contributed by atoms with Gasteiger partial charge in [-0.2, -0.15) is 0 Å². The molecular weight excluding hydrogens is 215 g/mol. The minimum atomic E-state index is -0.0865. The van der Waals surface area contributed by atoms with Crippen LogP contribution in [0.15, 0.2) is 18.2 Å². The summed E-state index contributed by atoms with van der Waals surface area (Å²) in [6.07, 6.45) is 2.29. The first-order valence-corrected chi connectivity index (χ1v) is 6.36. The van der Waals surface area contributed by atoms with Gasteiger partial charge in [0.05, 0.1) is 0 Å². The number of piperidine rings is 1. The lowest BCUT2D eigenvalue weighted by atomic mass is 9.96. The maximum Gasteiger partial charge on any atom is 0.127 e. The number of benzene rings is 1. The monoisotopic (exact) mass is 236 g/mol. The fraction of sp³-hybridized carbons (Fsp3) is 0.571. The van der Waals surface area contributed by atoms with Gasteiger partial charge in [0.25, 0.3) is 0 Å². The summed E-state index contributed by atoms with van der Waals surface area (Å²) in [5.41, 5.74) is 7.61. The molecule has 94 valence electrons. The largest absolute Gasteiger partial charge is 0.330 e. The number of aryl methyl sites for hydroxylation is 1. The SMILES string of the molecule is Cc1ccc(F)c(CN2CCC(CN)CC2)c1. The Labute approximate surface area is 103 Å². The highest BCUT2D eigenvalue weighted by atomic mass is 19.1. The van der Waals surface area contributed by atoms with Crippen molar-refractivity contribution in [3.8, 4) is 0 Å². The molecule has 1 fully saturated rings. The van der Waals surface area contributed by atoms with Crippen LogP contribution in [-0.4, -0.2) is 24.5 Å². The second-order valence-electron chi connectivity index (χ2n) is 5.05. The standard InChI is InChI=1S/C14H21FN2/c1-11-2-3-14(15)13(8-11)10-17-6-4-12(9-16)5-7-17/h2-3,8,12H,4-7,9-10,16H2,1H3. The van der Waals surface area contributed by atoms with E-state index in [0.29, 0.717) is 5.92 Å². The van der Waals surface area contributed by atoms with E-state index >= 15 is 0 Å². The molecule has 0 atom stereocenters. The van der Waals surface area contributed by atoms with Gasteiger partial charge in [-0.1, -0.05) is 17.7 Å². The van der Waals surface area contributed by atoms with Crippen molar-refractivity contribution in [2.45, 2.75) is 26.3 Å². The van der Waals surface area contributed by atoms with Crippen molar-refractivity contribution < 1.29 is 4.39 Å². The van der Waals surface area contributed by atoms with Gasteiger partial charge in [-0.15, -0.1) is 0 Å². The lowest BCUT2D eigenvalue weighted by Gasteiger charge is -2.31. The quantitative estimate of drug-likeness (QED) is 0.872. The van der Waals surface area contributed by atoms with E-state index in [2.05, 4.69) is 4.90 Å². The normalized spacial score (nSPS) is 18.5. The zero-order valence-electron chi connectivity index (χ0n) is 10.5. The average molecular weight is 236 g/mol. The zero-order valence-corrected chi connectivity index (χ0v) is 10.5. The van der Waals surface area contributed by atoms with E-state index in [9.17, 15) is 4.39 Å². The van der Waals surface area contributed by atoms with E-state index in [1.54, 1.807) is 6.07 Å². The number of halogens is 1. The molecule has 0 radical (unpaired) electrons. The van der Waals surface area contributed by atoms with Gasteiger partial charge in [-0.05, 0) is 51.4 Å². The fourth-order valence-electron chi connectivity index (χ4n) is 2.45. The molecule has 0 aliphatic carbocycles. The summed E-state index contributed by atoms with van der Waals surface area (Å²) in [4.78, 5) is 2.32. The van der Waals surface area contributed by atoms with Crippen LogP contribution in [0.25, 0.3) is 0 Å². The van der Waals surface area contributed by atoms with Gasteiger partial charge < -0.3 is 5.73 Å². The van der Waals surface area contributed by atoms with Crippen LogP contribution >= 0.6 is 0 Å². The lowest BCUT2D eigenvalue weighted by molar-refractivity contribution is 0.178. The highest BCUT2D eigenvalue weighted by molar-refractivity contribution is 5.24. The number of hydrogen-bond donors (Lipinski definition) is 1. The molecule has 0 saturated carbocycles. The van der Waals surface area contributed by atoms with E-state index in [1.165, 1.54) is 0 Å². The Kier molecular flexibility index (Phi) is 4.13. The predicted octanol–water partition coefficient (Wildman–Crippen LogP) is 2.30. The van der Waals surface area contributed by atoms with E-state index in [1.807, 2.05) is 19.1 Å². The number of nitrogens with zero attached hydrogens (tertiary/aromatic N) is 1. The summed E-state index contributed by atoms with van der Waals surface area (Å²) in [5, 5.41) is 0. The molecular formula is C14H21FN2. The smallest absolute Gasteiger partial charge is 0.127 e. The molecule has 0 aromatic heterocycles. The molecule has 0 bridgehead atoms. The topological polar surface area (TPSA) is 29.3 Å². The van der Waals surface area contributed by atoms with Crippen molar-refractivity contribution in [3.05, 3.63) is 35.1 Å². The molecule has 2 N–H and O–H groups in total. The van der Waals surface area contributed by atoms with Gasteiger partial charge >= 0.3 is 0 Å². The molecule has 1 aliphatic rings. The third kappa shape index (κ3) is 3.27. The molecule has 0 unspecified atom stereocenters. The molecule has 2 rings (SSSR count). The minimum absolute atomic E-state index is 0.0865. The number of likely N-dealkylation sites (tertiary alicyclic amines) is 1. The fourth-order valence-corrected chi connectivity index (χ4v) is 2.45. The van der Waals surface area contributed by atoms with Crippen molar-refractivity contribution in [1.29, 1.82) is 0 Å². The summed E-state index contributed by atoms with van der Waals surface area (Å²) < 4.78 is 13.6. The Balaban J connectivity index is 1.95. The van der Waals surface area contributed by atoms with Gasteiger partial charge in [-0.25, -0.2) is 4.39 Å². The van der Waals surface area contributed by atoms with E-state index in [4.69, 9.17) is 5.73 Å². The third-order valence-electron chi connectivity index (χ3n) is 3.64. The molecule has 17 heavy (non-hydrogen) atoms. The molecule has 3 heteroatoms. The van der Waals surface area contributed by atoms with Crippen molar-refractivity contribution in [3.63, 3.8) is 0 Å². The van der Waals surface area contributed by atoms with Crippen LogP contribution in [0.3, 0.4) is 0 Å². The van der Waals surface area contributed by atoms with Gasteiger partial charge in [0, 0.05) is 12.1 Å². The van der Waals surface area contributed by atoms with Gasteiger partial charge in [-0.3, -0.25) is 4.90 Å². The Bertz CT molecular complexity index is 370. The molecule has 0 amide bonds. The van der Waals surface area contributed by atoms with Crippen LogP contribution in [0.5, 0.6) is 0 Å². The first-order valence-electron chi connectivity index (χ1n) is 6.36. The Hall–Kier alpha value is -0.930. The maximum absolute atomic E-state index is 13.6. The summed E-state index contributed by atoms with van der Waals surface area (Å²) >= 11 is 0. The van der Waals surface area contributed by atoms with Crippen molar-refractivity contribution in [2.24, 2.45) is 11.7 Å². The molecule has 0 spiro atoms. The zero-order chi connectivity index (χ0) is 12.3. The van der Waals surface area contributed by atoms with E-state index in [-0.39, 0.29) is 5.82 Å². The summed E-state index contributed by atoms with van der Waals surface area (Å²) in [6, 6.07) is 5.33. The third-order valence-corrected chi connectivity index (χ3v) is 3.64. The molecule has 2 nitrogen and oxygen atoms in total. The van der Waals surface area contributed by atoms with Crippen molar-refractivity contribution in [2.75, 3.05) is 19.6 Å². The predicted molar refractivity (Wildman–Crippen MR) is 68.2 cm³/mol. The first kappa shape index (κ1) is 12.5. The molecule has 1 aromatic rings. The second-order valence-corrected chi connectivity index (χ2v) is 5.05. The number of hydrogen-bond acceptors (Lipinski definition) is 2. The minimum Gasteiger partial charge on any atom is -0.330 e. The van der Waals surface area contributed by atoms with Crippen LogP contribution in [0, 0.1) is 18.7 Å². The first-order chi connectivity index (χ1) is 8.19. The second kappa shape index (κ2) is 5.61. The maximum atomic E-state index is 13.6. The van der Waals surface area contributed by atoms with Crippen LogP contribution in [0.1, 0.15) is 24.0 Å². The van der Waals surface area contributed by atoms with Gasteiger partial charge in [0.2, 0.25) is 0 Å². The number of rotatable bonds is 3. The van der Waals surface area contributed by atoms with Crippen molar-refractivity contribution >= 4 is 0 Å². The molecule has 1 saturated heterocycles. The lowest BCUT2D eigenvalue weighted by Crippen LogP contribution is -2.35. The van der Waals surface area contributed by atoms with Crippen LogP contribution in [0.2, 0.25) is 0 Å². The van der Waals surface area contributed by atoms with Crippen LogP contribution in [-0.2, 0) is 6.54 Å². The highest BCUT2D eigenvalue weighted by Gasteiger charge is 2.18. The summed E-state index contributed by atoms with van der Waals surface area (Å²) in [5.74, 6) is 0.574. The van der Waals surface area contributed by atoms with Gasteiger partial charge in [0.1, 0.15) is 5.82 Å². The Morgan fingerprint density at radius 3 is 2.71 bits per heavy atom.